The van der Waals surface area contributed by atoms with Crippen LogP contribution in [-0.4, -0.2) is 24.9 Å². The zero-order chi connectivity index (χ0) is 13.8. The van der Waals surface area contributed by atoms with Gasteiger partial charge in [0, 0.05) is 19.1 Å². The molecule has 0 aromatic heterocycles. The second-order valence-electron chi connectivity index (χ2n) is 5.62. The lowest BCUT2D eigenvalue weighted by molar-refractivity contribution is -0.0980. The van der Waals surface area contributed by atoms with Gasteiger partial charge in [-0.3, -0.25) is 0 Å². The third kappa shape index (κ3) is 3.48. The maximum absolute atomic E-state index is 6.02. The minimum absolute atomic E-state index is 0.0441. The average molecular weight is 263 g/mol. The van der Waals surface area contributed by atoms with E-state index in [1.165, 1.54) is 5.56 Å². The highest BCUT2D eigenvalue weighted by Gasteiger charge is 2.41. The second-order valence-corrected chi connectivity index (χ2v) is 5.62. The topological polar surface area (TPSA) is 44.5 Å². The Balaban J connectivity index is 1.95. The molecule has 1 saturated carbocycles. The number of hydrogen-bond acceptors (Lipinski definition) is 3. The van der Waals surface area contributed by atoms with E-state index in [1.54, 1.807) is 0 Å². The summed E-state index contributed by atoms with van der Waals surface area (Å²) in [6.07, 6.45) is 2.03. The lowest BCUT2D eigenvalue weighted by Crippen LogP contribution is -2.59. The zero-order valence-corrected chi connectivity index (χ0v) is 12.1. The van der Waals surface area contributed by atoms with Crippen molar-refractivity contribution in [3.63, 3.8) is 0 Å². The van der Waals surface area contributed by atoms with Gasteiger partial charge in [-0.2, -0.15) is 0 Å². The minimum atomic E-state index is 0.0441. The maximum atomic E-state index is 6.02. The average Bonchev–Trinajstić information content (AvgIpc) is 2.39. The molecular formula is C16H25NO2. The van der Waals surface area contributed by atoms with Crippen LogP contribution in [0, 0.1) is 0 Å². The highest BCUT2D eigenvalue weighted by Crippen LogP contribution is 2.29. The van der Waals surface area contributed by atoms with Crippen LogP contribution in [0.25, 0.3) is 0 Å². The van der Waals surface area contributed by atoms with Crippen LogP contribution in [0.4, 0.5) is 0 Å². The quantitative estimate of drug-likeness (QED) is 0.857. The number of rotatable bonds is 6. The molecule has 3 nitrogen and oxygen atoms in total. The number of hydrogen-bond donors (Lipinski definition) is 1. The van der Waals surface area contributed by atoms with Gasteiger partial charge in [-0.15, -0.1) is 0 Å². The summed E-state index contributed by atoms with van der Waals surface area (Å²) in [5, 5.41) is 0. The summed E-state index contributed by atoms with van der Waals surface area (Å²) in [6.45, 7) is 7.23. The zero-order valence-electron chi connectivity index (χ0n) is 12.1. The van der Waals surface area contributed by atoms with Crippen molar-refractivity contribution in [2.75, 3.05) is 6.61 Å². The van der Waals surface area contributed by atoms with E-state index in [-0.39, 0.29) is 18.2 Å². The van der Waals surface area contributed by atoms with Crippen molar-refractivity contribution in [2.24, 2.45) is 5.73 Å². The lowest BCUT2D eigenvalue weighted by atomic mass is 9.86. The smallest absolute Gasteiger partial charge is 0.128 e. The molecule has 1 aromatic carbocycles. The van der Waals surface area contributed by atoms with E-state index in [9.17, 15) is 0 Å². The summed E-state index contributed by atoms with van der Waals surface area (Å²) in [5.74, 6) is 1.44. The van der Waals surface area contributed by atoms with Crippen LogP contribution in [0.5, 0.6) is 5.75 Å². The highest BCUT2D eigenvalue weighted by molar-refractivity contribution is 5.30. The first-order valence-electron chi connectivity index (χ1n) is 7.25. The molecule has 1 fully saturated rings. The Morgan fingerprint density at radius 2 is 2.16 bits per heavy atom. The van der Waals surface area contributed by atoms with Gasteiger partial charge in [0.25, 0.3) is 0 Å². The van der Waals surface area contributed by atoms with Gasteiger partial charge in [0.1, 0.15) is 18.0 Å². The number of ether oxygens (including phenoxy) is 2. The van der Waals surface area contributed by atoms with Crippen molar-refractivity contribution in [2.45, 2.75) is 57.8 Å². The molecule has 3 unspecified atom stereocenters. The summed E-state index contributed by atoms with van der Waals surface area (Å²) in [5.41, 5.74) is 7.28. The molecular weight excluding hydrogens is 238 g/mol. The predicted molar refractivity (Wildman–Crippen MR) is 77.6 cm³/mol. The summed E-state index contributed by atoms with van der Waals surface area (Å²) < 4.78 is 11.8. The molecule has 3 heteroatoms. The normalized spacial score (nSPS) is 26.3. The second kappa shape index (κ2) is 6.40. The molecule has 0 saturated heterocycles. The van der Waals surface area contributed by atoms with Crippen LogP contribution in [0.1, 0.15) is 45.1 Å². The Kier molecular flexibility index (Phi) is 4.83. The fourth-order valence-electron chi connectivity index (χ4n) is 2.34. The summed E-state index contributed by atoms with van der Waals surface area (Å²) in [7, 11) is 0. The Hall–Kier alpha value is -1.06. The molecule has 1 aromatic rings. The largest absolute Gasteiger partial charge is 0.488 e. The summed E-state index contributed by atoms with van der Waals surface area (Å²) in [6, 6.07) is 8.42. The van der Waals surface area contributed by atoms with Gasteiger partial charge < -0.3 is 15.2 Å². The van der Waals surface area contributed by atoms with Crippen molar-refractivity contribution in [1.29, 1.82) is 0 Å². The minimum Gasteiger partial charge on any atom is -0.488 e. The van der Waals surface area contributed by atoms with E-state index in [1.807, 2.05) is 12.1 Å². The third-order valence-electron chi connectivity index (χ3n) is 3.62. The number of nitrogens with two attached hydrogens (primary N) is 1. The van der Waals surface area contributed by atoms with Crippen LogP contribution in [0.15, 0.2) is 24.3 Å². The van der Waals surface area contributed by atoms with Crippen molar-refractivity contribution in [3.8, 4) is 5.75 Å². The molecule has 1 aliphatic carbocycles. The van der Waals surface area contributed by atoms with Gasteiger partial charge in [0.2, 0.25) is 0 Å². The first-order chi connectivity index (χ1) is 9.11. The van der Waals surface area contributed by atoms with E-state index in [4.69, 9.17) is 15.2 Å². The molecule has 0 heterocycles. The van der Waals surface area contributed by atoms with Gasteiger partial charge in [-0.05, 0) is 30.0 Å². The SMILES string of the molecule is CCCOC1C(N)CC1Oc1cccc(C(C)C)c1. The first kappa shape index (κ1) is 14.4. The molecule has 2 rings (SSSR count). The van der Waals surface area contributed by atoms with E-state index >= 15 is 0 Å². The molecule has 19 heavy (non-hydrogen) atoms. The molecule has 0 aliphatic heterocycles. The van der Waals surface area contributed by atoms with Gasteiger partial charge >= 0.3 is 0 Å². The molecule has 1 aliphatic rings. The van der Waals surface area contributed by atoms with Crippen molar-refractivity contribution in [1.82, 2.24) is 0 Å². The molecule has 0 radical (unpaired) electrons. The Morgan fingerprint density at radius 3 is 2.79 bits per heavy atom. The van der Waals surface area contributed by atoms with Crippen LogP contribution in [0.2, 0.25) is 0 Å². The third-order valence-corrected chi connectivity index (χ3v) is 3.62. The van der Waals surface area contributed by atoms with Gasteiger partial charge in [0.05, 0.1) is 0 Å². The van der Waals surface area contributed by atoms with E-state index in [0.717, 1.165) is 25.2 Å². The standard InChI is InChI=1S/C16H25NO2/c1-4-8-18-16-14(17)10-15(16)19-13-7-5-6-12(9-13)11(2)3/h5-7,9,11,14-16H,4,8,10,17H2,1-3H3. The van der Waals surface area contributed by atoms with Crippen LogP contribution in [0.3, 0.4) is 0 Å². The Labute approximate surface area is 116 Å². The van der Waals surface area contributed by atoms with Gasteiger partial charge in [0.15, 0.2) is 0 Å². The first-order valence-corrected chi connectivity index (χ1v) is 7.25. The molecule has 106 valence electrons. The highest BCUT2D eigenvalue weighted by atomic mass is 16.5. The summed E-state index contributed by atoms with van der Waals surface area (Å²) >= 11 is 0. The fourth-order valence-corrected chi connectivity index (χ4v) is 2.34. The summed E-state index contributed by atoms with van der Waals surface area (Å²) in [4.78, 5) is 0. The monoisotopic (exact) mass is 263 g/mol. The van der Waals surface area contributed by atoms with E-state index in [2.05, 4.69) is 32.9 Å². The molecule has 3 atom stereocenters. The van der Waals surface area contributed by atoms with Gasteiger partial charge in [-0.1, -0.05) is 32.9 Å². The molecule has 0 bridgehead atoms. The van der Waals surface area contributed by atoms with Crippen LogP contribution < -0.4 is 10.5 Å². The number of benzene rings is 1. The molecule has 0 spiro atoms. The van der Waals surface area contributed by atoms with Gasteiger partial charge in [-0.25, -0.2) is 0 Å². The van der Waals surface area contributed by atoms with E-state index in [0.29, 0.717) is 5.92 Å². The van der Waals surface area contributed by atoms with Crippen molar-refractivity contribution in [3.05, 3.63) is 29.8 Å². The van der Waals surface area contributed by atoms with Crippen molar-refractivity contribution < 1.29 is 9.47 Å². The Morgan fingerprint density at radius 1 is 1.37 bits per heavy atom. The van der Waals surface area contributed by atoms with Crippen LogP contribution >= 0.6 is 0 Å². The van der Waals surface area contributed by atoms with Crippen LogP contribution in [-0.2, 0) is 4.74 Å². The van der Waals surface area contributed by atoms with E-state index < -0.39 is 0 Å². The fraction of sp³-hybridized carbons (Fsp3) is 0.625. The Bertz CT molecular complexity index is 405. The predicted octanol–water partition coefficient (Wildman–Crippen LogP) is 3.08. The van der Waals surface area contributed by atoms with Crippen molar-refractivity contribution >= 4 is 0 Å². The molecule has 0 amide bonds. The maximum Gasteiger partial charge on any atom is 0.128 e. The molecule has 2 N–H and O–H groups in total. The lowest BCUT2D eigenvalue weighted by Gasteiger charge is -2.41.